The Balaban J connectivity index is 0.000000282. The zero-order chi connectivity index (χ0) is 36.5. The summed E-state index contributed by atoms with van der Waals surface area (Å²) in [5.74, 6) is -0.692. The van der Waals surface area contributed by atoms with Crippen molar-refractivity contribution in [1.29, 1.82) is 0 Å². The lowest BCUT2D eigenvalue weighted by molar-refractivity contribution is -0.154. The maximum absolute atomic E-state index is 12.0. The summed E-state index contributed by atoms with van der Waals surface area (Å²) in [6, 6.07) is 21.6. The Morgan fingerprint density at radius 1 is 0.735 bits per heavy atom. The number of nitrogens with zero attached hydrogens (tertiary/aromatic N) is 2. The first-order valence-electron chi connectivity index (χ1n) is 15.5. The summed E-state index contributed by atoms with van der Waals surface area (Å²) in [6.45, 7) is 12.2. The second-order valence-corrected chi connectivity index (χ2v) is 12.4. The highest BCUT2D eigenvalue weighted by atomic mass is 16.6. The number of amides is 2. The lowest BCUT2D eigenvalue weighted by Gasteiger charge is -2.19. The minimum Gasteiger partial charge on any atom is -0.476 e. The molecule has 0 saturated carbocycles. The highest BCUT2D eigenvalue weighted by Crippen LogP contribution is 2.20. The van der Waals surface area contributed by atoms with Gasteiger partial charge in [0.1, 0.15) is 11.2 Å². The van der Waals surface area contributed by atoms with E-state index in [1.54, 1.807) is 6.07 Å². The van der Waals surface area contributed by atoms with E-state index in [1.807, 2.05) is 102 Å². The molecule has 0 aliphatic rings. The largest absolute Gasteiger partial charge is 0.476 e. The van der Waals surface area contributed by atoms with E-state index in [9.17, 15) is 19.2 Å². The van der Waals surface area contributed by atoms with E-state index >= 15 is 0 Å². The molecule has 14 nitrogen and oxygen atoms in total. The number of carbonyl (C=O) groups excluding carboxylic acids is 3. The van der Waals surface area contributed by atoms with Gasteiger partial charge in [-0.3, -0.25) is 9.59 Å². The van der Waals surface area contributed by atoms with E-state index in [0.717, 1.165) is 11.1 Å². The van der Waals surface area contributed by atoms with E-state index in [2.05, 4.69) is 20.9 Å². The molecule has 264 valence electrons. The van der Waals surface area contributed by atoms with Gasteiger partial charge in [0.2, 0.25) is 0 Å². The molecule has 0 unspecified atom stereocenters. The van der Waals surface area contributed by atoms with Gasteiger partial charge in [-0.05, 0) is 48.0 Å². The molecule has 0 aliphatic heterocycles. The Labute approximate surface area is 285 Å². The average molecular weight is 680 g/mol. The quantitative estimate of drug-likeness (QED) is 0.117. The van der Waals surface area contributed by atoms with Crippen LogP contribution >= 0.6 is 0 Å². The fourth-order valence-corrected chi connectivity index (χ4v) is 3.64. The Kier molecular flexibility index (Phi) is 15.7. The molecule has 14 heteroatoms. The van der Waals surface area contributed by atoms with E-state index < -0.39 is 23.3 Å². The predicted octanol–water partition coefficient (Wildman–Crippen LogP) is 5.70. The third kappa shape index (κ3) is 16.2. The first kappa shape index (κ1) is 39.7. The number of aromatic nitrogens is 2. The first-order valence-corrected chi connectivity index (χ1v) is 15.5. The molecule has 0 radical (unpaired) electrons. The predicted molar refractivity (Wildman–Crippen MR) is 182 cm³/mol. The Morgan fingerprint density at radius 2 is 1.22 bits per heavy atom. The normalized spacial score (nSPS) is 10.8. The van der Waals surface area contributed by atoms with Crippen molar-refractivity contribution in [3.63, 3.8) is 0 Å². The number of hydrogen-bond donors (Lipinski definition) is 4. The molecular formula is C35H45N5O9. The SMILES string of the molecule is CC(C)(C)OC(=O)CCCNC(=O)c1cc(-c2ccccc2)on1.CC(C)(C)OC(=O)NCCN.O=C(O)c1cc(-c2ccccc2)on1. The third-order valence-electron chi connectivity index (χ3n) is 5.66. The fourth-order valence-electron chi connectivity index (χ4n) is 3.64. The van der Waals surface area contributed by atoms with Gasteiger partial charge in [0.15, 0.2) is 22.9 Å². The van der Waals surface area contributed by atoms with Crippen LogP contribution in [0.25, 0.3) is 22.6 Å². The first-order chi connectivity index (χ1) is 23.1. The van der Waals surface area contributed by atoms with Gasteiger partial charge >= 0.3 is 18.0 Å². The number of benzene rings is 2. The molecular weight excluding hydrogens is 634 g/mol. The van der Waals surface area contributed by atoms with Gasteiger partial charge in [0.25, 0.3) is 5.91 Å². The number of alkyl carbamates (subject to hydrolysis) is 1. The standard InChI is InChI=1S/C18H22N2O4.C10H7NO3.C7H16N2O2/c1-18(2,3)23-16(21)10-7-11-19-17(22)14-12-15(24-20-14)13-8-5-4-6-9-13;12-10(13)8-6-9(14-11-8)7-4-2-1-3-5-7;1-7(2,3)11-6(10)9-5-4-8/h4-6,8-9,12H,7,10-11H2,1-3H3,(H,19,22);1-6H,(H,12,13);4-5,8H2,1-3H3,(H,9,10). The van der Waals surface area contributed by atoms with Crippen LogP contribution in [0.1, 0.15) is 75.4 Å². The molecule has 2 aromatic carbocycles. The monoisotopic (exact) mass is 679 g/mol. The molecule has 4 rings (SSSR count). The van der Waals surface area contributed by atoms with Gasteiger partial charge in [-0.15, -0.1) is 0 Å². The number of carbonyl (C=O) groups is 4. The summed E-state index contributed by atoms with van der Waals surface area (Å²) in [7, 11) is 0. The molecule has 4 aromatic rings. The molecule has 0 fully saturated rings. The summed E-state index contributed by atoms with van der Waals surface area (Å²) >= 11 is 0. The van der Waals surface area contributed by atoms with Crippen molar-refractivity contribution >= 4 is 23.9 Å². The van der Waals surface area contributed by atoms with Gasteiger partial charge < -0.3 is 40.0 Å². The molecule has 0 atom stereocenters. The number of carboxylic acids is 1. The summed E-state index contributed by atoms with van der Waals surface area (Å²) < 4.78 is 20.2. The van der Waals surface area contributed by atoms with Crippen molar-refractivity contribution in [2.75, 3.05) is 19.6 Å². The number of esters is 1. The minimum absolute atomic E-state index is 0.0798. The van der Waals surface area contributed by atoms with Gasteiger partial charge in [0.05, 0.1) is 0 Å². The van der Waals surface area contributed by atoms with Crippen LogP contribution < -0.4 is 16.4 Å². The number of nitrogens with one attached hydrogen (secondary N) is 2. The fraction of sp³-hybridized carbons (Fsp3) is 0.371. The average Bonchev–Trinajstić information content (AvgIpc) is 3.73. The number of aromatic carboxylic acids is 1. The van der Waals surface area contributed by atoms with Crippen molar-refractivity contribution in [1.82, 2.24) is 20.9 Å². The van der Waals surface area contributed by atoms with Crippen molar-refractivity contribution < 1.29 is 42.8 Å². The molecule has 2 heterocycles. The van der Waals surface area contributed by atoms with Crippen LogP contribution in [0.3, 0.4) is 0 Å². The zero-order valence-electron chi connectivity index (χ0n) is 28.6. The number of nitrogens with two attached hydrogens (primary N) is 1. The van der Waals surface area contributed by atoms with Crippen LogP contribution in [0.2, 0.25) is 0 Å². The Bertz CT molecular complexity index is 1610. The zero-order valence-corrected chi connectivity index (χ0v) is 28.6. The molecule has 2 amide bonds. The lowest BCUT2D eigenvalue weighted by atomic mass is 10.1. The highest BCUT2D eigenvalue weighted by molar-refractivity contribution is 5.93. The van der Waals surface area contributed by atoms with E-state index in [-0.39, 0.29) is 29.7 Å². The summed E-state index contributed by atoms with van der Waals surface area (Å²) in [6.07, 6.45) is 0.346. The Hall–Kier alpha value is -5.50. The van der Waals surface area contributed by atoms with Gasteiger partial charge in [-0.1, -0.05) is 71.0 Å². The van der Waals surface area contributed by atoms with Crippen molar-refractivity contribution in [3.05, 3.63) is 84.2 Å². The second-order valence-electron chi connectivity index (χ2n) is 12.4. The molecule has 0 spiro atoms. The van der Waals surface area contributed by atoms with Crippen LogP contribution in [0.4, 0.5) is 4.79 Å². The lowest BCUT2D eigenvalue weighted by Crippen LogP contribution is -2.35. The van der Waals surface area contributed by atoms with Gasteiger partial charge in [-0.25, -0.2) is 9.59 Å². The van der Waals surface area contributed by atoms with Crippen molar-refractivity contribution in [3.8, 4) is 22.6 Å². The van der Waals surface area contributed by atoms with Crippen molar-refractivity contribution in [2.45, 2.75) is 65.6 Å². The number of carboxylic acid groups (broad SMARTS) is 1. The van der Waals surface area contributed by atoms with Crippen LogP contribution in [-0.4, -0.2) is 70.2 Å². The topological polar surface area (TPSA) is 209 Å². The van der Waals surface area contributed by atoms with Crippen LogP contribution in [0.5, 0.6) is 0 Å². The maximum Gasteiger partial charge on any atom is 0.407 e. The third-order valence-corrected chi connectivity index (χ3v) is 5.66. The van der Waals surface area contributed by atoms with E-state index in [4.69, 9.17) is 29.4 Å². The molecule has 0 aliphatic carbocycles. The summed E-state index contributed by atoms with van der Waals surface area (Å²) in [5, 5.41) is 21.0. The number of ether oxygens (including phenoxy) is 2. The minimum atomic E-state index is -1.09. The molecule has 0 bridgehead atoms. The number of rotatable bonds is 10. The van der Waals surface area contributed by atoms with E-state index in [1.165, 1.54) is 6.07 Å². The number of hydrogen-bond acceptors (Lipinski definition) is 11. The van der Waals surface area contributed by atoms with Gasteiger partial charge in [0, 0.05) is 49.3 Å². The smallest absolute Gasteiger partial charge is 0.407 e. The maximum atomic E-state index is 12.0. The molecule has 5 N–H and O–H groups in total. The van der Waals surface area contributed by atoms with Gasteiger partial charge in [-0.2, -0.15) is 0 Å². The Morgan fingerprint density at radius 3 is 1.67 bits per heavy atom. The van der Waals surface area contributed by atoms with Crippen LogP contribution in [0.15, 0.2) is 81.8 Å². The van der Waals surface area contributed by atoms with Crippen LogP contribution in [0, 0.1) is 0 Å². The summed E-state index contributed by atoms with van der Waals surface area (Å²) in [4.78, 5) is 44.9. The van der Waals surface area contributed by atoms with Crippen LogP contribution in [-0.2, 0) is 14.3 Å². The molecule has 49 heavy (non-hydrogen) atoms. The van der Waals surface area contributed by atoms with E-state index in [0.29, 0.717) is 37.6 Å². The molecule has 0 saturated heterocycles. The second kappa shape index (κ2) is 19.4. The highest BCUT2D eigenvalue weighted by Gasteiger charge is 2.17. The molecule has 2 aromatic heterocycles. The van der Waals surface area contributed by atoms with Crippen molar-refractivity contribution in [2.24, 2.45) is 5.73 Å². The summed E-state index contributed by atoms with van der Waals surface area (Å²) in [5.41, 5.74) is 6.05.